The molecule has 1 aromatic heterocycles. The first-order valence-corrected chi connectivity index (χ1v) is 5.39. The Hall–Kier alpha value is -1.61. The molecule has 3 heteroatoms. The van der Waals surface area contributed by atoms with Crippen LogP contribution >= 0.6 is 0 Å². The zero-order valence-corrected chi connectivity index (χ0v) is 9.94. The predicted molar refractivity (Wildman–Crippen MR) is 65.5 cm³/mol. The van der Waals surface area contributed by atoms with Crippen molar-refractivity contribution < 1.29 is 0 Å². The summed E-state index contributed by atoms with van der Waals surface area (Å²) in [7, 11) is 0. The zero-order valence-electron chi connectivity index (χ0n) is 9.94. The van der Waals surface area contributed by atoms with Gasteiger partial charge in [0.15, 0.2) is 0 Å². The van der Waals surface area contributed by atoms with Gasteiger partial charge in [-0.15, -0.1) is 0 Å². The van der Waals surface area contributed by atoms with E-state index in [-0.39, 0.29) is 0 Å². The van der Waals surface area contributed by atoms with Gasteiger partial charge in [-0.25, -0.2) is 4.68 Å². The van der Waals surface area contributed by atoms with Crippen molar-refractivity contribution in [1.82, 2.24) is 9.78 Å². The molecule has 3 nitrogen and oxygen atoms in total. The van der Waals surface area contributed by atoms with E-state index < -0.39 is 5.54 Å². The number of para-hydroxylation sites is 1. The molecular weight excluding hydrogens is 198 g/mol. The molecule has 0 aliphatic heterocycles. The highest BCUT2D eigenvalue weighted by atomic mass is 15.3. The third-order valence-electron chi connectivity index (χ3n) is 2.65. The molecule has 1 heterocycles. The Morgan fingerprint density at radius 1 is 1.19 bits per heavy atom. The van der Waals surface area contributed by atoms with E-state index in [0.717, 1.165) is 11.4 Å². The molecule has 1 aromatic carbocycles. The van der Waals surface area contributed by atoms with E-state index in [1.54, 1.807) is 6.20 Å². The predicted octanol–water partition coefficient (Wildman–Crippen LogP) is 2.37. The lowest BCUT2D eigenvalue weighted by atomic mass is 10.0. The Morgan fingerprint density at radius 2 is 1.88 bits per heavy atom. The van der Waals surface area contributed by atoms with Gasteiger partial charge in [0.25, 0.3) is 0 Å². The highest BCUT2D eigenvalue weighted by Gasteiger charge is 2.20. The summed E-state index contributed by atoms with van der Waals surface area (Å²) in [5, 5.41) is 4.35. The van der Waals surface area contributed by atoms with Gasteiger partial charge < -0.3 is 5.73 Å². The zero-order chi connectivity index (χ0) is 11.8. The van der Waals surface area contributed by atoms with Crippen LogP contribution in [0.2, 0.25) is 0 Å². The number of aromatic nitrogens is 2. The average molecular weight is 215 g/mol. The Bertz CT molecular complexity index is 492. The van der Waals surface area contributed by atoms with Gasteiger partial charge in [0.1, 0.15) is 0 Å². The first kappa shape index (κ1) is 10.9. The molecule has 0 spiro atoms. The molecule has 0 aliphatic rings. The van der Waals surface area contributed by atoms with Crippen LogP contribution in [-0.4, -0.2) is 9.78 Å². The van der Waals surface area contributed by atoms with Gasteiger partial charge in [-0.05, 0) is 38.5 Å². The van der Waals surface area contributed by atoms with Gasteiger partial charge in [-0.2, -0.15) is 5.10 Å². The lowest BCUT2D eigenvalue weighted by Gasteiger charge is -2.21. The number of rotatable bonds is 2. The second-order valence-electron chi connectivity index (χ2n) is 4.64. The van der Waals surface area contributed by atoms with Crippen molar-refractivity contribution in [2.75, 3.05) is 0 Å². The van der Waals surface area contributed by atoms with E-state index in [1.165, 1.54) is 5.56 Å². The van der Waals surface area contributed by atoms with E-state index in [0.29, 0.717) is 0 Å². The Kier molecular flexibility index (Phi) is 2.56. The topological polar surface area (TPSA) is 43.8 Å². The normalized spacial score (nSPS) is 11.8. The first-order chi connectivity index (χ1) is 7.50. The van der Waals surface area contributed by atoms with E-state index in [4.69, 9.17) is 5.73 Å². The minimum atomic E-state index is -0.390. The monoisotopic (exact) mass is 215 g/mol. The summed E-state index contributed by atoms with van der Waals surface area (Å²) in [6.45, 7) is 6.04. The van der Waals surface area contributed by atoms with Crippen LogP contribution in [0.25, 0.3) is 5.69 Å². The number of nitrogens with two attached hydrogens (primary N) is 1. The molecule has 0 amide bonds. The second kappa shape index (κ2) is 3.76. The van der Waals surface area contributed by atoms with E-state index in [2.05, 4.69) is 24.2 Å². The Morgan fingerprint density at radius 3 is 2.50 bits per heavy atom. The van der Waals surface area contributed by atoms with E-state index in [1.807, 2.05) is 36.7 Å². The van der Waals surface area contributed by atoms with Crippen molar-refractivity contribution in [2.24, 2.45) is 5.73 Å². The number of hydrogen-bond acceptors (Lipinski definition) is 2. The quantitative estimate of drug-likeness (QED) is 0.835. The highest BCUT2D eigenvalue weighted by molar-refractivity contribution is 5.41. The molecule has 0 fully saturated rings. The molecule has 0 bridgehead atoms. The van der Waals surface area contributed by atoms with Crippen molar-refractivity contribution >= 4 is 0 Å². The molecule has 0 saturated heterocycles. The van der Waals surface area contributed by atoms with E-state index in [9.17, 15) is 0 Å². The third-order valence-corrected chi connectivity index (χ3v) is 2.65. The molecule has 2 aromatic rings. The largest absolute Gasteiger partial charge is 0.321 e. The summed E-state index contributed by atoms with van der Waals surface area (Å²) in [6, 6.07) is 10.1. The SMILES string of the molecule is Cc1ccccc1-n1nccc1C(C)(C)N. The maximum atomic E-state index is 6.13. The van der Waals surface area contributed by atoms with Gasteiger partial charge in [0.05, 0.1) is 16.9 Å². The molecule has 0 atom stereocenters. The molecule has 84 valence electrons. The molecule has 16 heavy (non-hydrogen) atoms. The fourth-order valence-electron chi connectivity index (χ4n) is 1.78. The minimum absolute atomic E-state index is 0.390. The van der Waals surface area contributed by atoms with Crippen LogP contribution < -0.4 is 5.73 Å². The number of nitrogens with zero attached hydrogens (tertiary/aromatic N) is 2. The summed E-state index contributed by atoms with van der Waals surface area (Å²) in [6.07, 6.45) is 1.79. The first-order valence-electron chi connectivity index (χ1n) is 5.39. The summed E-state index contributed by atoms with van der Waals surface area (Å²) in [4.78, 5) is 0. The molecule has 0 unspecified atom stereocenters. The molecule has 0 aliphatic carbocycles. The van der Waals surface area contributed by atoms with Gasteiger partial charge in [0.2, 0.25) is 0 Å². The highest BCUT2D eigenvalue weighted by Crippen LogP contribution is 2.21. The van der Waals surface area contributed by atoms with E-state index >= 15 is 0 Å². The fourth-order valence-corrected chi connectivity index (χ4v) is 1.78. The lowest BCUT2D eigenvalue weighted by Crippen LogP contribution is -2.31. The maximum absolute atomic E-state index is 6.13. The second-order valence-corrected chi connectivity index (χ2v) is 4.64. The summed E-state index contributed by atoms with van der Waals surface area (Å²) >= 11 is 0. The van der Waals surface area contributed by atoms with Crippen molar-refractivity contribution in [1.29, 1.82) is 0 Å². The standard InChI is InChI=1S/C13H17N3/c1-10-6-4-5-7-11(10)16-12(8-9-15-16)13(2,3)14/h4-9H,14H2,1-3H3. The van der Waals surface area contributed by atoms with Crippen LogP contribution in [-0.2, 0) is 5.54 Å². The lowest BCUT2D eigenvalue weighted by molar-refractivity contribution is 0.513. The molecule has 0 radical (unpaired) electrons. The van der Waals surface area contributed by atoms with Gasteiger partial charge in [0, 0.05) is 6.20 Å². The Balaban J connectivity index is 2.58. The average Bonchev–Trinajstić information content (AvgIpc) is 2.66. The molecular formula is C13H17N3. The molecule has 2 N–H and O–H groups in total. The van der Waals surface area contributed by atoms with Crippen LogP contribution in [0, 0.1) is 6.92 Å². The van der Waals surface area contributed by atoms with Gasteiger partial charge in [-0.3, -0.25) is 0 Å². The molecule has 0 saturated carbocycles. The van der Waals surface area contributed by atoms with Crippen molar-refractivity contribution in [3.8, 4) is 5.69 Å². The minimum Gasteiger partial charge on any atom is -0.321 e. The van der Waals surface area contributed by atoms with Crippen LogP contribution in [0.5, 0.6) is 0 Å². The summed E-state index contributed by atoms with van der Waals surface area (Å²) in [5.41, 5.74) is 9.03. The smallest absolute Gasteiger partial charge is 0.0678 e. The number of aryl methyl sites for hydroxylation is 1. The van der Waals surface area contributed by atoms with Crippen LogP contribution in [0.4, 0.5) is 0 Å². The Labute approximate surface area is 95.9 Å². The van der Waals surface area contributed by atoms with Crippen molar-refractivity contribution in [2.45, 2.75) is 26.3 Å². The number of benzene rings is 1. The van der Waals surface area contributed by atoms with Gasteiger partial charge >= 0.3 is 0 Å². The maximum Gasteiger partial charge on any atom is 0.0678 e. The third kappa shape index (κ3) is 1.86. The van der Waals surface area contributed by atoms with Gasteiger partial charge in [-0.1, -0.05) is 18.2 Å². The molecule has 2 rings (SSSR count). The summed E-state index contributed by atoms with van der Waals surface area (Å²) in [5.74, 6) is 0. The summed E-state index contributed by atoms with van der Waals surface area (Å²) < 4.78 is 1.91. The van der Waals surface area contributed by atoms with Crippen molar-refractivity contribution in [3.63, 3.8) is 0 Å². The van der Waals surface area contributed by atoms with Crippen LogP contribution in [0.1, 0.15) is 25.1 Å². The van der Waals surface area contributed by atoms with Crippen LogP contribution in [0.3, 0.4) is 0 Å². The van der Waals surface area contributed by atoms with Crippen LogP contribution in [0.15, 0.2) is 36.5 Å². The fraction of sp³-hybridized carbons (Fsp3) is 0.308. The van der Waals surface area contributed by atoms with Crippen molar-refractivity contribution in [3.05, 3.63) is 47.8 Å². The number of hydrogen-bond donors (Lipinski definition) is 1.